The van der Waals surface area contributed by atoms with Crippen molar-refractivity contribution in [2.45, 2.75) is 38.7 Å². The number of carbonyl (C=O) groups is 2. The van der Waals surface area contributed by atoms with Crippen LogP contribution < -0.4 is 4.74 Å². The quantitative estimate of drug-likeness (QED) is 0.476. The summed E-state index contributed by atoms with van der Waals surface area (Å²) in [7, 11) is 0. The van der Waals surface area contributed by atoms with Gasteiger partial charge in [-0.25, -0.2) is 4.39 Å². The molecule has 0 saturated carbocycles. The number of nitrogens with zero attached hydrogens (tertiary/aromatic N) is 3. The molecule has 7 nitrogen and oxygen atoms in total. The van der Waals surface area contributed by atoms with Gasteiger partial charge in [-0.05, 0) is 61.7 Å². The molecule has 11 heteroatoms. The molecule has 0 radical (unpaired) electrons. The van der Waals surface area contributed by atoms with E-state index >= 15 is 4.39 Å². The number of rotatable bonds is 6. The first-order valence-electron chi connectivity index (χ1n) is 12.4. The maximum absolute atomic E-state index is 15.0. The van der Waals surface area contributed by atoms with Gasteiger partial charge in [0, 0.05) is 24.2 Å². The zero-order chi connectivity index (χ0) is 27.0. The number of halogens is 4. The van der Waals surface area contributed by atoms with E-state index in [2.05, 4.69) is 4.74 Å². The first-order valence-corrected chi connectivity index (χ1v) is 12.4. The maximum atomic E-state index is 15.0. The van der Waals surface area contributed by atoms with Crippen molar-refractivity contribution >= 4 is 22.8 Å². The average Bonchev–Trinajstić information content (AvgIpc) is 3.18. The number of piperidine rings is 1. The normalized spacial score (nSPS) is 17.0. The van der Waals surface area contributed by atoms with Gasteiger partial charge in [0.05, 0.1) is 24.5 Å². The highest BCUT2D eigenvalue weighted by atomic mass is 19.4. The molecule has 0 aliphatic carbocycles. The molecule has 0 atom stereocenters. The summed E-state index contributed by atoms with van der Waals surface area (Å²) in [5.74, 6) is -2.00. The second-order valence-electron chi connectivity index (χ2n) is 9.79. The fourth-order valence-electron chi connectivity index (χ4n) is 5.45. The summed E-state index contributed by atoms with van der Waals surface area (Å²) in [6.45, 7) is 2.25. The Morgan fingerprint density at radius 1 is 1.03 bits per heavy atom. The number of alkyl halides is 3. The number of benzene rings is 2. The molecule has 1 amide bonds. The van der Waals surface area contributed by atoms with Crippen LogP contribution in [0.2, 0.25) is 0 Å². The number of ether oxygens (including phenoxy) is 1. The summed E-state index contributed by atoms with van der Waals surface area (Å²) in [6.07, 6.45) is -3.23. The minimum absolute atomic E-state index is 0.0737. The van der Waals surface area contributed by atoms with Crippen molar-refractivity contribution in [1.29, 1.82) is 0 Å². The largest absolute Gasteiger partial charge is 0.573 e. The molecule has 202 valence electrons. The third-order valence-electron chi connectivity index (χ3n) is 7.37. The standard InChI is InChI=1S/C27H27F4N3O4/c28-22-3-1-2-21-20-10-13-33(24(35)16-32-11-8-18(9-12-32)26(36)37)15-23(20)34(25(21)22)14-17-4-6-19(7-5-17)38-27(29,30)31/h1-7,18H,8-16H2,(H,36,37). The number of hydrogen-bond acceptors (Lipinski definition) is 4. The molecule has 2 aliphatic heterocycles. The Hall–Kier alpha value is -3.60. The van der Waals surface area contributed by atoms with Gasteiger partial charge in [-0.15, -0.1) is 13.2 Å². The lowest BCUT2D eigenvalue weighted by molar-refractivity contribution is -0.274. The number of amides is 1. The molecule has 0 spiro atoms. The molecule has 1 saturated heterocycles. The number of aliphatic carboxylic acids is 1. The van der Waals surface area contributed by atoms with Crippen LogP contribution in [0.5, 0.6) is 5.75 Å². The van der Waals surface area contributed by atoms with Crippen LogP contribution in [-0.4, -0.2) is 63.9 Å². The van der Waals surface area contributed by atoms with Gasteiger partial charge in [0.1, 0.15) is 11.6 Å². The molecule has 3 heterocycles. The predicted octanol–water partition coefficient (Wildman–Crippen LogP) is 4.41. The molecule has 5 rings (SSSR count). The van der Waals surface area contributed by atoms with Gasteiger partial charge in [0.2, 0.25) is 5.91 Å². The van der Waals surface area contributed by atoms with Gasteiger partial charge in [-0.1, -0.05) is 24.3 Å². The predicted molar refractivity (Wildman–Crippen MR) is 130 cm³/mol. The fraction of sp³-hybridized carbons (Fsp3) is 0.407. The topological polar surface area (TPSA) is 75.0 Å². The van der Waals surface area contributed by atoms with Gasteiger partial charge in [0.25, 0.3) is 0 Å². The Morgan fingerprint density at radius 2 is 1.74 bits per heavy atom. The minimum atomic E-state index is -4.79. The Bertz CT molecular complexity index is 1350. The lowest BCUT2D eigenvalue weighted by Crippen LogP contribution is -2.45. The Balaban J connectivity index is 1.36. The van der Waals surface area contributed by atoms with Crippen molar-refractivity contribution in [1.82, 2.24) is 14.4 Å². The summed E-state index contributed by atoms with van der Waals surface area (Å²) in [5, 5.41) is 9.96. The number of fused-ring (bicyclic) bond motifs is 3. The van der Waals surface area contributed by atoms with Crippen molar-refractivity contribution in [3.05, 3.63) is 65.1 Å². The molecule has 38 heavy (non-hydrogen) atoms. The van der Waals surface area contributed by atoms with E-state index in [-0.39, 0.29) is 37.2 Å². The van der Waals surface area contributed by atoms with E-state index in [9.17, 15) is 27.9 Å². The first-order chi connectivity index (χ1) is 18.1. The van der Waals surface area contributed by atoms with Crippen molar-refractivity contribution in [2.24, 2.45) is 5.92 Å². The molecule has 3 aromatic rings. The molecular formula is C27H27F4N3O4. The lowest BCUT2D eigenvalue weighted by atomic mass is 9.97. The molecule has 2 aliphatic rings. The van der Waals surface area contributed by atoms with E-state index in [1.54, 1.807) is 15.5 Å². The van der Waals surface area contributed by atoms with Crippen LogP contribution in [-0.2, 0) is 29.1 Å². The number of carbonyl (C=O) groups excluding carboxylic acids is 1. The van der Waals surface area contributed by atoms with Gasteiger partial charge >= 0.3 is 12.3 Å². The third-order valence-corrected chi connectivity index (χ3v) is 7.37. The molecule has 0 unspecified atom stereocenters. The van der Waals surface area contributed by atoms with Crippen LogP contribution in [0.4, 0.5) is 17.6 Å². The number of hydrogen-bond donors (Lipinski definition) is 1. The number of likely N-dealkylation sites (tertiary alicyclic amines) is 1. The van der Waals surface area contributed by atoms with Crippen LogP contribution in [0.3, 0.4) is 0 Å². The maximum Gasteiger partial charge on any atom is 0.573 e. The summed E-state index contributed by atoms with van der Waals surface area (Å²) in [6, 6.07) is 10.3. The van der Waals surface area contributed by atoms with Crippen LogP contribution in [0.25, 0.3) is 10.9 Å². The number of carboxylic acid groups (broad SMARTS) is 1. The second-order valence-corrected chi connectivity index (χ2v) is 9.79. The van der Waals surface area contributed by atoms with E-state index in [4.69, 9.17) is 0 Å². The Morgan fingerprint density at radius 3 is 2.39 bits per heavy atom. The van der Waals surface area contributed by atoms with Crippen LogP contribution in [0, 0.1) is 11.7 Å². The van der Waals surface area contributed by atoms with Crippen molar-refractivity contribution < 1.29 is 37.0 Å². The van der Waals surface area contributed by atoms with E-state index in [0.29, 0.717) is 50.0 Å². The number of aromatic nitrogens is 1. The summed E-state index contributed by atoms with van der Waals surface area (Å²) in [5.41, 5.74) is 2.82. The summed E-state index contributed by atoms with van der Waals surface area (Å²) >= 11 is 0. The van der Waals surface area contributed by atoms with Gasteiger partial charge in [0.15, 0.2) is 0 Å². The molecular weight excluding hydrogens is 506 g/mol. The Kier molecular flexibility index (Phi) is 7.04. The average molecular weight is 534 g/mol. The van der Waals surface area contributed by atoms with E-state index in [0.717, 1.165) is 16.6 Å². The van der Waals surface area contributed by atoms with Gasteiger partial charge in [-0.2, -0.15) is 0 Å². The molecule has 1 aromatic heterocycles. The zero-order valence-electron chi connectivity index (χ0n) is 20.5. The molecule has 2 aromatic carbocycles. The van der Waals surface area contributed by atoms with Crippen LogP contribution in [0.1, 0.15) is 29.7 Å². The van der Waals surface area contributed by atoms with Crippen molar-refractivity contribution in [3.63, 3.8) is 0 Å². The number of carboxylic acids is 1. The van der Waals surface area contributed by atoms with Crippen molar-refractivity contribution in [2.75, 3.05) is 26.2 Å². The molecule has 1 N–H and O–H groups in total. The fourth-order valence-corrected chi connectivity index (χ4v) is 5.45. The van der Waals surface area contributed by atoms with E-state index in [1.165, 1.54) is 30.3 Å². The monoisotopic (exact) mass is 533 g/mol. The van der Waals surface area contributed by atoms with E-state index in [1.807, 2.05) is 11.0 Å². The lowest BCUT2D eigenvalue weighted by Gasteiger charge is -2.33. The summed E-state index contributed by atoms with van der Waals surface area (Å²) < 4.78 is 58.4. The summed E-state index contributed by atoms with van der Waals surface area (Å²) in [4.78, 5) is 28.1. The highest BCUT2D eigenvalue weighted by Gasteiger charge is 2.32. The zero-order valence-corrected chi connectivity index (χ0v) is 20.5. The highest BCUT2D eigenvalue weighted by Crippen LogP contribution is 2.33. The molecule has 1 fully saturated rings. The van der Waals surface area contributed by atoms with Gasteiger partial charge in [-0.3, -0.25) is 14.5 Å². The highest BCUT2D eigenvalue weighted by molar-refractivity contribution is 5.87. The third kappa shape index (κ3) is 5.47. The number of para-hydroxylation sites is 1. The van der Waals surface area contributed by atoms with Crippen LogP contribution >= 0.6 is 0 Å². The minimum Gasteiger partial charge on any atom is -0.481 e. The van der Waals surface area contributed by atoms with Crippen molar-refractivity contribution in [3.8, 4) is 5.75 Å². The Labute approximate surface area is 216 Å². The first kappa shape index (κ1) is 26.0. The van der Waals surface area contributed by atoms with E-state index < -0.39 is 18.1 Å². The second kappa shape index (κ2) is 10.3. The van der Waals surface area contributed by atoms with Gasteiger partial charge < -0.3 is 19.3 Å². The molecule has 0 bridgehead atoms. The van der Waals surface area contributed by atoms with Crippen LogP contribution in [0.15, 0.2) is 42.5 Å². The SMILES string of the molecule is O=C(O)C1CCN(CC(=O)N2CCc3c(n(Cc4ccc(OC(F)(F)F)cc4)c4c(F)cccc34)C2)CC1. The smallest absolute Gasteiger partial charge is 0.481 e.